The van der Waals surface area contributed by atoms with Gasteiger partial charge in [-0.15, -0.1) is 0 Å². The van der Waals surface area contributed by atoms with Gasteiger partial charge in [0, 0.05) is 0 Å². The molecule has 0 saturated heterocycles. The molecule has 0 amide bonds. The summed E-state index contributed by atoms with van der Waals surface area (Å²) in [6.45, 7) is 4.00. The first-order valence-electron chi connectivity index (χ1n) is 4.50. The molecule has 0 radical (unpaired) electrons. The van der Waals surface area contributed by atoms with E-state index in [2.05, 4.69) is 0 Å². The molecule has 2 aliphatic rings. The summed E-state index contributed by atoms with van der Waals surface area (Å²) in [5.41, 5.74) is 0. The normalized spacial score (nSPS) is 19.3. The van der Waals surface area contributed by atoms with E-state index in [1.165, 1.54) is 44.9 Å². The fourth-order valence-corrected chi connectivity index (χ4v) is 0.250. The van der Waals surface area contributed by atoms with E-state index in [1.807, 2.05) is 13.8 Å². The van der Waals surface area contributed by atoms with E-state index in [0.29, 0.717) is 0 Å². The van der Waals surface area contributed by atoms with Crippen molar-refractivity contribution in [3.63, 3.8) is 0 Å². The zero-order valence-corrected chi connectivity index (χ0v) is 6.95. The summed E-state index contributed by atoms with van der Waals surface area (Å²) in [6, 6.07) is 0. The molecule has 2 saturated carbocycles. The van der Waals surface area contributed by atoms with Gasteiger partial charge in [0.25, 0.3) is 0 Å². The molecule has 0 unspecified atom stereocenters. The quantitative estimate of drug-likeness (QED) is 0.466. The lowest BCUT2D eigenvalue weighted by atomic mass is 10.0. The molecule has 0 aliphatic heterocycles. The summed E-state index contributed by atoms with van der Waals surface area (Å²) in [4.78, 5) is 0. The highest BCUT2D eigenvalue weighted by atomic mass is 14.0. The third-order valence-electron chi connectivity index (χ3n) is 1.35. The van der Waals surface area contributed by atoms with Crippen molar-refractivity contribution in [3.8, 4) is 0 Å². The molecule has 0 aromatic heterocycles. The van der Waals surface area contributed by atoms with Crippen LogP contribution in [0.1, 0.15) is 58.8 Å². The Hall–Kier alpha value is 0. The van der Waals surface area contributed by atoms with Crippen LogP contribution in [0.4, 0.5) is 0 Å². The lowest BCUT2D eigenvalue weighted by Crippen LogP contribution is -1.85. The Balaban J connectivity index is 0.000000115. The molecular weight excluding hydrogens is 108 g/mol. The lowest BCUT2D eigenvalue weighted by Gasteiger charge is -2.05. The van der Waals surface area contributed by atoms with Crippen LogP contribution in [0.25, 0.3) is 0 Å². The van der Waals surface area contributed by atoms with Crippen LogP contribution < -0.4 is 0 Å². The second-order valence-corrected chi connectivity index (χ2v) is 2.47. The summed E-state index contributed by atoms with van der Waals surface area (Å²) < 4.78 is 0. The number of hydrogen-bond acceptors (Lipinski definition) is 0. The molecule has 0 heteroatoms. The van der Waals surface area contributed by atoms with Crippen molar-refractivity contribution in [2.24, 2.45) is 0 Å². The van der Waals surface area contributed by atoms with Gasteiger partial charge in [0.15, 0.2) is 0 Å². The van der Waals surface area contributed by atoms with Gasteiger partial charge >= 0.3 is 0 Å². The molecule has 2 rings (SSSR count). The Morgan fingerprint density at radius 3 is 0.556 bits per heavy atom. The molecule has 2 aliphatic carbocycles. The van der Waals surface area contributed by atoms with Crippen LogP contribution in [0.15, 0.2) is 0 Å². The highest BCUT2D eigenvalue weighted by Gasteiger charge is 1.95. The fraction of sp³-hybridized carbons (Fsp3) is 1.00. The van der Waals surface area contributed by atoms with E-state index in [1.54, 1.807) is 0 Å². The molecule has 2 fully saturated rings. The molecule has 0 heterocycles. The van der Waals surface area contributed by atoms with Crippen LogP contribution in [0.3, 0.4) is 0 Å². The zero-order chi connectivity index (χ0) is 6.95. The van der Waals surface area contributed by atoms with Gasteiger partial charge in [-0.05, 0) is 0 Å². The minimum absolute atomic E-state index is 1.50. The van der Waals surface area contributed by atoms with E-state index in [-0.39, 0.29) is 0 Å². The predicted octanol–water partition coefficient (Wildman–Crippen LogP) is 3.76. The highest BCUT2D eigenvalue weighted by molar-refractivity contribution is 4.51. The Labute approximate surface area is 59.7 Å². The average molecular weight is 128 g/mol. The molecule has 0 N–H and O–H groups in total. The summed E-state index contributed by atoms with van der Waals surface area (Å²) in [7, 11) is 0. The second-order valence-electron chi connectivity index (χ2n) is 2.47. The second kappa shape index (κ2) is 8.00. The van der Waals surface area contributed by atoms with Crippen LogP contribution in [0.2, 0.25) is 0 Å². The van der Waals surface area contributed by atoms with Crippen molar-refractivity contribution < 1.29 is 0 Å². The van der Waals surface area contributed by atoms with E-state index in [9.17, 15) is 0 Å². The summed E-state index contributed by atoms with van der Waals surface area (Å²) in [5.74, 6) is 0. The molecule has 0 aromatic carbocycles. The minimum atomic E-state index is 1.50. The molecule has 0 nitrogen and oxygen atoms in total. The molecule has 9 heavy (non-hydrogen) atoms. The van der Waals surface area contributed by atoms with E-state index in [0.717, 1.165) is 0 Å². The average Bonchev–Trinajstić information content (AvgIpc) is 2.46. The Bertz CT molecular complexity index is 26.5. The Morgan fingerprint density at radius 2 is 0.556 bits per heavy atom. The monoisotopic (exact) mass is 128 g/mol. The summed E-state index contributed by atoms with van der Waals surface area (Å²) in [6.07, 6.45) is 10.5. The first kappa shape index (κ1) is 9.00. The molecule has 0 bridgehead atoms. The van der Waals surface area contributed by atoms with Crippen molar-refractivity contribution in [2.45, 2.75) is 58.8 Å². The van der Waals surface area contributed by atoms with Crippen LogP contribution in [-0.2, 0) is 0 Å². The first-order valence-corrected chi connectivity index (χ1v) is 4.50. The van der Waals surface area contributed by atoms with Gasteiger partial charge in [-0.2, -0.15) is 0 Å². The fourth-order valence-electron chi connectivity index (χ4n) is 0.250. The van der Waals surface area contributed by atoms with Crippen molar-refractivity contribution in [3.05, 3.63) is 0 Å². The molecule has 56 valence electrons. The van der Waals surface area contributed by atoms with Gasteiger partial charge in [0.2, 0.25) is 0 Å². The van der Waals surface area contributed by atoms with Gasteiger partial charge < -0.3 is 0 Å². The van der Waals surface area contributed by atoms with Crippen molar-refractivity contribution in [1.29, 1.82) is 0 Å². The van der Waals surface area contributed by atoms with Gasteiger partial charge in [-0.25, -0.2) is 0 Å². The maximum Gasteiger partial charge on any atom is -0.0533 e. The van der Waals surface area contributed by atoms with E-state index < -0.39 is 0 Å². The van der Waals surface area contributed by atoms with Gasteiger partial charge in [-0.1, -0.05) is 58.8 Å². The third kappa shape index (κ3) is 11.5. The lowest BCUT2D eigenvalue weighted by molar-refractivity contribution is 0.504. The van der Waals surface area contributed by atoms with Gasteiger partial charge in [0.05, 0.1) is 0 Å². The standard InChI is InChI=1S/C4H8.C3H6.C2H6/c1-2-4-3-1;1-2-3-1;1-2/h1-4H2;1-3H2;1-2H3. The number of rotatable bonds is 0. The summed E-state index contributed by atoms with van der Waals surface area (Å²) >= 11 is 0. The minimum Gasteiger partial charge on any atom is -0.0683 e. The van der Waals surface area contributed by atoms with E-state index in [4.69, 9.17) is 0 Å². The van der Waals surface area contributed by atoms with Crippen LogP contribution in [-0.4, -0.2) is 0 Å². The maximum absolute atomic E-state index is 2.00. The Morgan fingerprint density at radius 1 is 0.444 bits per heavy atom. The largest absolute Gasteiger partial charge is 0.0683 e. The summed E-state index contributed by atoms with van der Waals surface area (Å²) in [5, 5.41) is 0. The SMILES string of the molecule is C1CC1.C1CCC1.CC. The maximum atomic E-state index is 2.00. The molecule has 0 aromatic rings. The van der Waals surface area contributed by atoms with Crippen molar-refractivity contribution in [2.75, 3.05) is 0 Å². The first-order chi connectivity index (χ1) is 4.50. The third-order valence-corrected chi connectivity index (χ3v) is 1.35. The topological polar surface area (TPSA) is 0 Å². The smallest absolute Gasteiger partial charge is 0.0533 e. The van der Waals surface area contributed by atoms with Gasteiger partial charge in [-0.3, -0.25) is 0 Å². The highest BCUT2D eigenvalue weighted by Crippen LogP contribution is 2.15. The number of hydrogen-bond donors (Lipinski definition) is 0. The Kier molecular flexibility index (Phi) is 8.00. The molecular formula is C9H20. The van der Waals surface area contributed by atoms with E-state index >= 15 is 0 Å². The van der Waals surface area contributed by atoms with Crippen molar-refractivity contribution in [1.82, 2.24) is 0 Å². The molecule has 0 atom stereocenters. The predicted molar refractivity (Wildman–Crippen MR) is 43.7 cm³/mol. The van der Waals surface area contributed by atoms with Crippen LogP contribution in [0, 0.1) is 0 Å². The van der Waals surface area contributed by atoms with Gasteiger partial charge in [0.1, 0.15) is 0 Å². The van der Waals surface area contributed by atoms with Crippen LogP contribution in [0.5, 0.6) is 0 Å². The van der Waals surface area contributed by atoms with Crippen LogP contribution >= 0.6 is 0 Å². The zero-order valence-electron chi connectivity index (χ0n) is 6.95. The molecule has 0 spiro atoms. The van der Waals surface area contributed by atoms with Crippen molar-refractivity contribution >= 4 is 0 Å².